The Morgan fingerprint density at radius 1 is 1.13 bits per heavy atom. The molecule has 1 N–H and O–H groups in total. The van der Waals surface area contributed by atoms with E-state index in [2.05, 4.69) is 22.1 Å². The van der Waals surface area contributed by atoms with Crippen molar-refractivity contribution in [2.75, 3.05) is 7.11 Å². The Kier molecular flexibility index (Phi) is 5.67. The molecule has 31 heavy (non-hydrogen) atoms. The van der Waals surface area contributed by atoms with Crippen LogP contribution < -0.4 is 9.47 Å². The highest BCUT2D eigenvalue weighted by atomic mass is 19.1. The summed E-state index contributed by atoms with van der Waals surface area (Å²) in [6.45, 7) is 2.46. The van der Waals surface area contributed by atoms with Gasteiger partial charge in [0, 0.05) is 0 Å². The highest BCUT2D eigenvalue weighted by Gasteiger charge is 2.11. The van der Waals surface area contributed by atoms with E-state index in [1.54, 1.807) is 25.3 Å². The van der Waals surface area contributed by atoms with Gasteiger partial charge in [0.1, 0.15) is 24.3 Å². The number of fused-ring (bicyclic) bond motifs is 1. The van der Waals surface area contributed by atoms with E-state index in [1.807, 2.05) is 37.3 Å². The molecule has 4 aromatic rings. The van der Waals surface area contributed by atoms with E-state index >= 15 is 0 Å². The molecule has 6 heteroatoms. The van der Waals surface area contributed by atoms with Crippen LogP contribution in [0.2, 0.25) is 0 Å². The van der Waals surface area contributed by atoms with Crippen LogP contribution in [0.3, 0.4) is 0 Å². The number of imidazole rings is 1. The number of nitrogens with zero attached hydrogens (tertiary/aromatic N) is 2. The molecule has 0 saturated carbocycles. The fourth-order valence-electron chi connectivity index (χ4n) is 3.29. The normalized spacial score (nSPS) is 11.4. The number of aromatic amines is 1. The minimum Gasteiger partial charge on any atom is -0.493 e. The summed E-state index contributed by atoms with van der Waals surface area (Å²) in [5.41, 5.74) is 4.45. The van der Waals surface area contributed by atoms with Crippen molar-refractivity contribution in [1.82, 2.24) is 9.97 Å². The highest BCUT2D eigenvalue weighted by molar-refractivity contribution is 5.90. The van der Waals surface area contributed by atoms with Gasteiger partial charge in [0.25, 0.3) is 0 Å². The van der Waals surface area contributed by atoms with Crippen molar-refractivity contribution in [1.29, 1.82) is 5.26 Å². The number of hydrogen-bond donors (Lipinski definition) is 1. The molecule has 5 nitrogen and oxygen atoms in total. The number of hydrogen-bond acceptors (Lipinski definition) is 4. The average molecular weight is 413 g/mol. The number of ether oxygens (including phenoxy) is 2. The van der Waals surface area contributed by atoms with Gasteiger partial charge in [-0.25, -0.2) is 9.37 Å². The molecule has 0 fully saturated rings. The Bertz CT molecular complexity index is 1320. The van der Waals surface area contributed by atoms with Crippen LogP contribution in [0.5, 0.6) is 11.5 Å². The molecule has 1 aromatic heterocycles. The minimum absolute atomic E-state index is 0.326. The average Bonchev–Trinajstić information content (AvgIpc) is 3.19. The molecule has 0 saturated heterocycles. The summed E-state index contributed by atoms with van der Waals surface area (Å²) in [6.07, 6.45) is 1.70. The maximum absolute atomic E-state index is 13.4. The highest BCUT2D eigenvalue weighted by Crippen LogP contribution is 2.30. The van der Waals surface area contributed by atoms with Gasteiger partial charge in [-0.1, -0.05) is 35.9 Å². The fourth-order valence-corrected chi connectivity index (χ4v) is 3.29. The molecule has 154 valence electrons. The molecule has 0 bridgehead atoms. The van der Waals surface area contributed by atoms with Crippen LogP contribution in [-0.4, -0.2) is 17.1 Å². The maximum atomic E-state index is 13.4. The van der Waals surface area contributed by atoms with Crippen molar-refractivity contribution in [2.24, 2.45) is 0 Å². The second-order valence-electron chi connectivity index (χ2n) is 7.10. The number of aryl methyl sites for hydroxylation is 1. The van der Waals surface area contributed by atoms with Crippen LogP contribution >= 0.6 is 0 Å². The number of nitriles is 1. The first-order chi connectivity index (χ1) is 15.1. The van der Waals surface area contributed by atoms with Gasteiger partial charge in [0.05, 0.1) is 23.7 Å². The lowest BCUT2D eigenvalue weighted by atomic mass is 10.1. The zero-order chi connectivity index (χ0) is 21.8. The smallest absolute Gasteiger partial charge is 0.161 e. The quantitative estimate of drug-likeness (QED) is 0.414. The van der Waals surface area contributed by atoms with Crippen molar-refractivity contribution in [2.45, 2.75) is 13.5 Å². The molecular weight excluding hydrogens is 393 g/mol. The first-order valence-corrected chi connectivity index (χ1v) is 9.69. The number of aromatic nitrogens is 2. The number of halogens is 1. The molecule has 1 heterocycles. The van der Waals surface area contributed by atoms with Gasteiger partial charge >= 0.3 is 0 Å². The lowest BCUT2D eigenvalue weighted by Gasteiger charge is -2.12. The lowest BCUT2D eigenvalue weighted by molar-refractivity contribution is 0.284. The molecule has 0 amide bonds. The Morgan fingerprint density at radius 2 is 2.00 bits per heavy atom. The van der Waals surface area contributed by atoms with Gasteiger partial charge in [-0.3, -0.25) is 0 Å². The Hall–Kier alpha value is -4.11. The van der Waals surface area contributed by atoms with Crippen molar-refractivity contribution in [3.8, 4) is 17.6 Å². The van der Waals surface area contributed by atoms with Crippen LogP contribution in [0.15, 0.2) is 60.7 Å². The van der Waals surface area contributed by atoms with Crippen molar-refractivity contribution >= 4 is 22.7 Å². The summed E-state index contributed by atoms with van der Waals surface area (Å²) >= 11 is 0. The molecule has 0 spiro atoms. The number of benzene rings is 3. The maximum Gasteiger partial charge on any atom is 0.161 e. The Labute approximate surface area is 179 Å². The van der Waals surface area contributed by atoms with Gasteiger partial charge in [-0.05, 0) is 54.5 Å². The van der Waals surface area contributed by atoms with E-state index in [9.17, 15) is 9.65 Å². The zero-order valence-corrected chi connectivity index (χ0v) is 17.1. The molecule has 0 aliphatic heterocycles. The number of rotatable bonds is 6. The Morgan fingerprint density at radius 3 is 2.77 bits per heavy atom. The minimum atomic E-state index is -0.365. The summed E-state index contributed by atoms with van der Waals surface area (Å²) in [6, 6.07) is 20.0. The number of nitrogens with one attached hydrogen (secondary N) is 1. The molecule has 0 aliphatic rings. The zero-order valence-electron chi connectivity index (χ0n) is 17.1. The molecule has 0 aliphatic carbocycles. The predicted molar refractivity (Wildman–Crippen MR) is 118 cm³/mol. The predicted octanol–water partition coefficient (Wildman–Crippen LogP) is 5.66. The van der Waals surface area contributed by atoms with Gasteiger partial charge in [-0.15, -0.1) is 0 Å². The van der Waals surface area contributed by atoms with E-state index in [1.165, 1.54) is 17.7 Å². The molecule has 3 aromatic carbocycles. The van der Waals surface area contributed by atoms with Crippen LogP contribution in [0.1, 0.15) is 22.5 Å². The number of allylic oxidation sites excluding steroid dienone is 1. The van der Waals surface area contributed by atoms with E-state index in [4.69, 9.17) is 9.47 Å². The third-order valence-corrected chi connectivity index (χ3v) is 4.80. The van der Waals surface area contributed by atoms with E-state index in [0.717, 1.165) is 11.1 Å². The van der Waals surface area contributed by atoms with Gasteiger partial charge < -0.3 is 14.5 Å². The van der Waals surface area contributed by atoms with E-state index < -0.39 is 0 Å². The lowest BCUT2D eigenvalue weighted by Crippen LogP contribution is -1.98. The molecule has 4 rings (SSSR count). The summed E-state index contributed by atoms with van der Waals surface area (Å²) in [5.74, 6) is 1.18. The molecule has 0 radical (unpaired) electrons. The van der Waals surface area contributed by atoms with Gasteiger partial charge in [0.2, 0.25) is 0 Å². The summed E-state index contributed by atoms with van der Waals surface area (Å²) < 4.78 is 24.8. The third kappa shape index (κ3) is 4.57. The number of H-pyrrole nitrogens is 1. The van der Waals surface area contributed by atoms with Crippen LogP contribution in [0, 0.1) is 24.1 Å². The van der Waals surface area contributed by atoms with Gasteiger partial charge in [-0.2, -0.15) is 5.26 Å². The SMILES string of the molecule is COc1cc(/C=C(/C#N)c2nc3ccc(F)cc3[nH]2)ccc1OCc1cccc(C)c1. The monoisotopic (exact) mass is 413 g/mol. The largest absolute Gasteiger partial charge is 0.493 e. The van der Waals surface area contributed by atoms with Crippen LogP contribution in [-0.2, 0) is 6.61 Å². The van der Waals surface area contributed by atoms with E-state index in [0.29, 0.717) is 40.5 Å². The second-order valence-corrected chi connectivity index (χ2v) is 7.10. The number of methoxy groups -OCH3 is 1. The summed E-state index contributed by atoms with van der Waals surface area (Å²) in [7, 11) is 1.57. The molecular formula is C25H20FN3O2. The van der Waals surface area contributed by atoms with Crippen LogP contribution in [0.4, 0.5) is 4.39 Å². The Balaban J connectivity index is 1.59. The van der Waals surface area contributed by atoms with Crippen molar-refractivity contribution in [3.63, 3.8) is 0 Å². The summed E-state index contributed by atoms with van der Waals surface area (Å²) in [5, 5.41) is 9.63. The first kappa shape index (κ1) is 20.2. The first-order valence-electron chi connectivity index (χ1n) is 9.69. The van der Waals surface area contributed by atoms with Crippen LogP contribution in [0.25, 0.3) is 22.7 Å². The van der Waals surface area contributed by atoms with Gasteiger partial charge in [0.15, 0.2) is 11.5 Å². The third-order valence-electron chi connectivity index (χ3n) is 4.80. The molecule has 0 unspecified atom stereocenters. The fraction of sp³-hybridized carbons (Fsp3) is 0.120. The van der Waals surface area contributed by atoms with E-state index in [-0.39, 0.29) is 5.82 Å². The standard InChI is InChI=1S/C25H20FN3O2/c1-16-4-3-5-18(10-16)15-31-23-9-6-17(12-24(23)30-2)11-19(14-27)25-28-21-8-7-20(26)13-22(21)29-25/h3-13H,15H2,1-2H3,(H,28,29)/b19-11-. The molecule has 0 atom stereocenters. The topological polar surface area (TPSA) is 70.9 Å². The second kappa shape index (κ2) is 8.72. The van der Waals surface area contributed by atoms with Crippen molar-refractivity contribution in [3.05, 3.63) is 89.0 Å². The van der Waals surface area contributed by atoms with Crippen molar-refractivity contribution < 1.29 is 13.9 Å². The summed E-state index contributed by atoms with van der Waals surface area (Å²) in [4.78, 5) is 7.38.